The van der Waals surface area contributed by atoms with Gasteiger partial charge in [-0.15, -0.1) is 0 Å². The number of hydrogen-bond acceptors (Lipinski definition) is 5. The molecule has 0 spiro atoms. The number of likely N-dealkylation sites (tertiary alicyclic amines) is 1. The highest BCUT2D eigenvalue weighted by Gasteiger charge is 2.40. The Balaban J connectivity index is 0.000000383. The number of nitrogens with zero attached hydrogens (tertiary/aromatic N) is 1. The van der Waals surface area contributed by atoms with E-state index in [4.69, 9.17) is 15.6 Å². The SMILES string of the molecule is NCC(NC(=O)C1CC(=O)N(C2CNC2)C1)c1ccc2ccccc2c1.O=C(O)C(F)(F)F. The Morgan fingerprint density at radius 2 is 1.82 bits per heavy atom. The van der Waals surface area contributed by atoms with Crippen LogP contribution >= 0.6 is 0 Å². The molecule has 2 fully saturated rings. The van der Waals surface area contributed by atoms with Crippen molar-refractivity contribution in [2.45, 2.75) is 24.7 Å². The lowest BCUT2D eigenvalue weighted by Crippen LogP contribution is -2.57. The standard InChI is InChI=1S/C20H24N4O2.C2HF3O2/c21-9-18(15-6-5-13-3-1-2-4-14(13)7-15)23-20(26)16-8-19(25)24(12-16)17-10-22-11-17;3-2(4,5)1(6)7/h1-7,16-18,22H,8-12,21H2,(H,23,26);(H,6,7). The highest BCUT2D eigenvalue weighted by Crippen LogP contribution is 2.24. The van der Waals surface area contributed by atoms with Crippen LogP contribution in [0.2, 0.25) is 0 Å². The van der Waals surface area contributed by atoms with Crippen LogP contribution in [-0.4, -0.2) is 66.2 Å². The maximum absolute atomic E-state index is 12.7. The molecule has 33 heavy (non-hydrogen) atoms. The molecule has 2 aromatic rings. The van der Waals surface area contributed by atoms with Crippen molar-refractivity contribution in [3.05, 3.63) is 48.0 Å². The van der Waals surface area contributed by atoms with Crippen molar-refractivity contribution < 1.29 is 32.7 Å². The third-order valence-electron chi connectivity index (χ3n) is 5.70. The Bertz CT molecular complexity index is 1030. The Labute approximate surface area is 187 Å². The molecule has 2 saturated heterocycles. The van der Waals surface area contributed by atoms with Crippen LogP contribution in [0.15, 0.2) is 42.5 Å². The van der Waals surface area contributed by atoms with Gasteiger partial charge in [0.1, 0.15) is 0 Å². The van der Waals surface area contributed by atoms with Crippen molar-refractivity contribution in [2.75, 3.05) is 26.2 Å². The number of halogens is 3. The zero-order valence-corrected chi connectivity index (χ0v) is 17.6. The second-order valence-electron chi connectivity index (χ2n) is 7.97. The number of carbonyl (C=O) groups is 3. The zero-order valence-electron chi connectivity index (χ0n) is 17.6. The van der Waals surface area contributed by atoms with E-state index < -0.39 is 12.1 Å². The summed E-state index contributed by atoms with van der Waals surface area (Å²) in [5, 5.41) is 15.6. The Kier molecular flexibility index (Phi) is 7.54. The molecule has 2 unspecified atom stereocenters. The number of aliphatic carboxylic acids is 1. The van der Waals surface area contributed by atoms with Crippen LogP contribution in [0.25, 0.3) is 10.8 Å². The van der Waals surface area contributed by atoms with Gasteiger partial charge in [-0.3, -0.25) is 9.59 Å². The van der Waals surface area contributed by atoms with Crippen LogP contribution in [0, 0.1) is 5.92 Å². The first-order valence-corrected chi connectivity index (χ1v) is 10.4. The van der Waals surface area contributed by atoms with Crippen LogP contribution in [0.4, 0.5) is 13.2 Å². The highest BCUT2D eigenvalue weighted by atomic mass is 19.4. The summed E-state index contributed by atoms with van der Waals surface area (Å²) in [4.78, 5) is 35.6. The molecule has 0 aliphatic carbocycles. The summed E-state index contributed by atoms with van der Waals surface area (Å²) in [6.45, 7) is 2.47. The molecular weight excluding hydrogens is 441 g/mol. The van der Waals surface area contributed by atoms with Crippen molar-refractivity contribution in [1.82, 2.24) is 15.5 Å². The highest BCUT2D eigenvalue weighted by molar-refractivity contribution is 5.90. The van der Waals surface area contributed by atoms with Gasteiger partial charge < -0.3 is 26.4 Å². The summed E-state index contributed by atoms with van der Waals surface area (Å²) in [6, 6.07) is 14.2. The minimum Gasteiger partial charge on any atom is -0.475 e. The molecule has 0 bridgehead atoms. The summed E-state index contributed by atoms with van der Waals surface area (Å²) >= 11 is 0. The number of rotatable bonds is 5. The molecule has 2 aliphatic heterocycles. The third kappa shape index (κ3) is 5.99. The van der Waals surface area contributed by atoms with Crippen molar-refractivity contribution in [1.29, 1.82) is 0 Å². The van der Waals surface area contributed by atoms with E-state index in [1.807, 2.05) is 29.2 Å². The monoisotopic (exact) mass is 466 g/mol. The number of carbonyl (C=O) groups excluding carboxylic acids is 2. The van der Waals surface area contributed by atoms with Gasteiger partial charge >= 0.3 is 12.1 Å². The number of carboxylic acid groups (broad SMARTS) is 1. The van der Waals surface area contributed by atoms with Crippen molar-refractivity contribution in [3.63, 3.8) is 0 Å². The lowest BCUT2D eigenvalue weighted by molar-refractivity contribution is -0.192. The summed E-state index contributed by atoms with van der Waals surface area (Å²) in [6.07, 6.45) is -4.79. The Morgan fingerprint density at radius 1 is 1.18 bits per heavy atom. The van der Waals surface area contributed by atoms with Crippen LogP contribution in [0.5, 0.6) is 0 Å². The molecule has 0 aromatic heterocycles. The fraction of sp³-hybridized carbons (Fsp3) is 0.409. The Hall–Kier alpha value is -3.18. The van der Waals surface area contributed by atoms with Crippen molar-refractivity contribution >= 4 is 28.6 Å². The van der Waals surface area contributed by atoms with E-state index in [9.17, 15) is 22.8 Å². The van der Waals surface area contributed by atoms with Gasteiger partial charge in [0, 0.05) is 32.6 Å². The minimum absolute atomic E-state index is 0.0756. The van der Waals surface area contributed by atoms with Crippen LogP contribution < -0.4 is 16.4 Å². The molecule has 2 aromatic carbocycles. The van der Waals surface area contributed by atoms with Gasteiger partial charge in [-0.1, -0.05) is 36.4 Å². The van der Waals surface area contributed by atoms with Crippen molar-refractivity contribution in [2.24, 2.45) is 11.7 Å². The maximum Gasteiger partial charge on any atom is 0.490 e. The molecule has 2 amide bonds. The smallest absolute Gasteiger partial charge is 0.475 e. The quantitative estimate of drug-likeness (QED) is 0.528. The molecule has 11 heteroatoms. The van der Waals surface area contributed by atoms with Crippen LogP contribution in [0.1, 0.15) is 18.0 Å². The van der Waals surface area contributed by atoms with Gasteiger partial charge in [-0.05, 0) is 22.4 Å². The van der Waals surface area contributed by atoms with Gasteiger partial charge in [0.2, 0.25) is 11.8 Å². The van der Waals surface area contributed by atoms with Crippen LogP contribution in [0.3, 0.4) is 0 Å². The van der Waals surface area contributed by atoms with E-state index in [0.717, 1.165) is 29.4 Å². The van der Waals surface area contributed by atoms with Gasteiger partial charge in [-0.25, -0.2) is 4.79 Å². The third-order valence-corrected chi connectivity index (χ3v) is 5.70. The summed E-state index contributed by atoms with van der Waals surface area (Å²) in [5.74, 6) is -3.06. The first-order valence-electron chi connectivity index (χ1n) is 10.4. The number of alkyl halides is 3. The van der Waals surface area contributed by atoms with Gasteiger partial charge in [0.05, 0.1) is 18.0 Å². The minimum atomic E-state index is -5.08. The number of amides is 2. The normalized spacial score (nSPS) is 19.5. The zero-order chi connectivity index (χ0) is 24.2. The first-order chi connectivity index (χ1) is 15.6. The number of nitrogens with two attached hydrogens (primary N) is 1. The number of carboxylic acids is 1. The molecular formula is C22H25F3N4O4. The van der Waals surface area contributed by atoms with E-state index in [1.165, 1.54) is 0 Å². The molecule has 2 atom stereocenters. The second kappa shape index (κ2) is 10.2. The second-order valence-corrected chi connectivity index (χ2v) is 7.97. The molecule has 8 nitrogen and oxygen atoms in total. The summed E-state index contributed by atoms with van der Waals surface area (Å²) in [7, 11) is 0. The molecule has 2 heterocycles. The fourth-order valence-corrected chi connectivity index (χ4v) is 3.75. The topological polar surface area (TPSA) is 125 Å². The fourth-order valence-electron chi connectivity index (χ4n) is 3.75. The largest absolute Gasteiger partial charge is 0.490 e. The number of fused-ring (bicyclic) bond motifs is 1. The van der Waals surface area contributed by atoms with Gasteiger partial charge in [0.25, 0.3) is 0 Å². The average Bonchev–Trinajstić information content (AvgIpc) is 3.11. The van der Waals surface area contributed by atoms with Crippen LogP contribution in [-0.2, 0) is 14.4 Å². The maximum atomic E-state index is 12.7. The van der Waals surface area contributed by atoms with E-state index in [1.54, 1.807) is 0 Å². The number of nitrogens with one attached hydrogen (secondary N) is 2. The lowest BCUT2D eigenvalue weighted by atomic mass is 10.0. The average molecular weight is 466 g/mol. The van der Waals surface area contributed by atoms with E-state index >= 15 is 0 Å². The molecule has 2 aliphatic rings. The summed E-state index contributed by atoms with van der Waals surface area (Å²) in [5.41, 5.74) is 6.92. The van der Waals surface area contributed by atoms with E-state index in [-0.39, 0.29) is 36.2 Å². The Morgan fingerprint density at radius 3 is 2.36 bits per heavy atom. The molecule has 0 saturated carbocycles. The number of hydrogen-bond donors (Lipinski definition) is 4. The lowest BCUT2D eigenvalue weighted by Gasteiger charge is -2.35. The van der Waals surface area contributed by atoms with E-state index in [0.29, 0.717) is 13.1 Å². The number of benzene rings is 2. The molecule has 5 N–H and O–H groups in total. The predicted molar refractivity (Wildman–Crippen MR) is 114 cm³/mol. The summed E-state index contributed by atoms with van der Waals surface area (Å²) < 4.78 is 31.7. The first kappa shape index (κ1) is 24.5. The predicted octanol–water partition coefficient (Wildman–Crippen LogP) is 1.41. The molecule has 0 radical (unpaired) electrons. The molecule has 4 rings (SSSR count). The van der Waals surface area contributed by atoms with E-state index in [2.05, 4.69) is 28.8 Å². The van der Waals surface area contributed by atoms with Gasteiger partial charge in [0.15, 0.2) is 0 Å². The van der Waals surface area contributed by atoms with Gasteiger partial charge in [-0.2, -0.15) is 13.2 Å². The van der Waals surface area contributed by atoms with Crippen molar-refractivity contribution in [3.8, 4) is 0 Å². The molecule has 178 valence electrons.